The van der Waals surface area contributed by atoms with E-state index in [1.165, 1.54) is 7.05 Å². The number of nitriles is 1. The van der Waals surface area contributed by atoms with Crippen LogP contribution in [0.4, 0.5) is 5.00 Å². The van der Waals surface area contributed by atoms with Crippen molar-refractivity contribution < 1.29 is 19.1 Å². The number of nitrogens with zero attached hydrogens (tertiary/aromatic N) is 2. The molecule has 0 saturated heterocycles. The van der Waals surface area contributed by atoms with Gasteiger partial charge in [0.25, 0.3) is 5.91 Å². The van der Waals surface area contributed by atoms with Gasteiger partial charge >= 0.3 is 5.97 Å². The Hall–Kier alpha value is -2.90. The van der Waals surface area contributed by atoms with Gasteiger partial charge in [0.1, 0.15) is 16.1 Å². The van der Waals surface area contributed by atoms with Crippen LogP contribution < -0.4 is 10.6 Å². The van der Waals surface area contributed by atoms with E-state index in [2.05, 4.69) is 21.7 Å². The minimum Gasteiger partial charge on any atom is -0.462 e. The van der Waals surface area contributed by atoms with Gasteiger partial charge in [0.05, 0.1) is 28.4 Å². The maximum Gasteiger partial charge on any atom is 0.341 e. The van der Waals surface area contributed by atoms with Gasteiger partial charge in [0.2, 0.25) is 5.91 Å². The van der Waals surface area contributed by atoms with Crippen molar-refractivity contribution in [2.75, 3.05) is 24.7 Å². The van der Waals surface area contributed by atoms with Crippen molar-refractivity contribution in [2.24, 2.45) is 0 Å². The SMILES string of the molecule is CCOC(=O)c1c(NC(=O)CSc2nc(C)cc(C)c2C#N)sc(C(=O)NC)c1C. The molecule has 0 radical (unpaired) electrons. The molecule has 158 valence electrons. The van der Waals surface area contributed by atoms with Crippen LogP contribution in [-0.2, 0) is 9.53 Å². The monoisotopic (exact) mass is 446 g/mol. The smallest absolute Gasteiger partial charge is 0.341 e. The molecule has 2 amide bonds. The summed E-state index contributed by atoms with van der Waals surface area (Å²) in [4.78, 5) is 41.7. The number of anilines is 1. The van der Waals surface area contributed by atoms with Crippen LogP contribution in [0.2, 0.25) is 0 Å². The lowest BCUT2D eigenvalue weighted by molar-refractivity contribution is -0.113. The number of aromatic nitrogens is 1. The van der Waals surface area contributed by atoms with Crippen LogP contribution in [0.15, 0.2) is 11.1 Å². The van der Waals surface area contributed by atoms with Crippen molar-refractivity contribution in [1.82, 2.24) is 10.3 Å². The molecule has 30 heavy (non-hydrogen) atoms. The lowest BCUT2D eigenvalue weighted by Gasteiger charge is -2.09. The zero-order valence-electron chi connectivity index (χ0n) is 17.3. The van der Waals surface area contributed by atoms with E-state index < -0.39 is 5.97 Å². The number of thioether (sulfide) groups is 1. The van der Waals surface area contributed by atoms with Gasteiger partial charge in [-0.3, -0.25) is 9.59 Å². The van der Waals surface area contributed by atoms with Crippen LogP contribution in [0.25, 0.3) is 0 Å². The Kier molecular flexibility index (Phi) is 7.97. The average molecular weight is 447 g/mol. The molecule has 8 nitrogen and oxygen atoms in total. The number of carbonyl (C=O) groups excluding carboxylic acids is 3. The molecule has 10 heteroatoms. The number of pyridine rings is 1. The summed E-state index contributed by atoms with van der Waals surface area (Å²) in [6.07, 6.45) is 0. The van der Waals surface area contributed by atoms with E-state index in [1.807, 2.05) is 19.9 Å². The number of thiophene rings is 1. The fraction of sp³-hybridized carbons (Fsp3) is 0.350. The molecular weight excluding hydrogens is 424 g/mol. The summed E-state index contributed by atoms with van der Waals surface area (Å²) in [5, 5.41) is 15.3. The van der Waals surface area contributed by atoms with Crippen molar-refractivity contribution in [3.05, 3.63) is 38.9 Å². The van der Waals surface area contributed by atoms with Crippen LogP contribution in [0.5, 0.6) is 0 Å². The third-order valence-electron chi connectivity index (χ3n) is 4.08. The highest BCUT2D eigenvalue weighted by atomic mass is 32.2. The number of nitrogens with one attached hydrogen (secondary N) is 2. The standard InChI is InChI=1S/C20H22N4O4S2/c1-6-28-20(27)15-12(4)16(17(26)22-5)30-19(15)24-14(25)9-29-18-13(8-21)10(2)7-11(3)23-18/h7H,6,9H2,1-5H3,(H,22,26)(H,24,25). The minimum atomic E-state index is -0.605. The quantitative estimate of drug-likeness (QED) is 0.495. The molecule has 0 aliphatic heterocycles. The Balaban J connectivity index is 2.26. The lowest BCUT2D eigenvalue weighted by Crippen LogP contribution is -2.18. The number of amides is 2. The minimum absolute atomic E-state index is 0.0148. The first kappa shape index (κ1) is 23.4. The molecular formula is C20H22N4O4S2. The summed E-state index contributed by atoms with van der Waals surface area (Å²) in [6, 6.07) is 3.92. The first-order valence-electron chi connectivity index (χ1n) is 9.07. The Labute approximate surface area is 183 Å². The van der Waals surface area contributed by atoms with Crippen LogP contribution in [0, 0.1) is 32.1 Å². The molecule has 0 atom stereocenters. The van der Waals surface area contributed by atoms with Crippen molar-refractivity contribution in [1.29, 1.82) is 5.26 Å². The highest BCUT2D eigenvalue weighted by molar-refractivity contribution is 8.00. The Morgan fingerprint density at radius 3 is 2.60 bits per heavy atom. The number of rotatable bonds is 7. The summed E-state index contributed by atoms with van der Waals surface area (Å²) in [5.74, 6) is -1.36. The molecule has 0 spiro atoms. The molecule has 2 aromatic heterocycles. The molecule has 0 aliphatic carbocycles. The van der Waals surface area contributed by atoms with Crippen LogP contribution in [0.3, 0.4) is 0 Å². The second-order valence-electron chi connectivity index (χ2n) is 6.27. The molecule has 0 unspecified atom stereocenters. The highest BCUT2D eigenvalue weighted by Gasteiger charge is 2.26. The van der Waals surface area contributed by atoms with Crippen molar-refractivity contribution in [2.45, 2.75) is 32.7 Å². The average Bonchev–Trinajstić information content (AvgIpc) is 3.01. The zero-order valence-corrected chi connectivity index (χ0v) is 19.0. The van der Waals surface area contributed by atoms with Gasteiger partial charge in [0, 0.05) is 12.7 Å². The Morgan fingerprint density at radius 2 is 2.00 bits per heavy atom. The van der Waals surface area contributed by atoms with Crippen LogP contribution in [-0.4, -0.2) is 42.2 Å². The zero-order chi connectivity index (χ0) is 22.4. The largest absolute Gasteiger partial charge is 0.462 e. The van der Waals surface area contributed by atoms with Crippen LogP contribution in [0.1, 0.15) is 49.3 Å². The number of hydrogen-bond donors (Lipinski definition) is 2. The maximum absolute atomic E-state index is 12.6. The third-order valence-corrected chi connectivity index (χ3v) is 6.26. The molecule has 0 aliphatic rings. The second-order valence-corrected chi connectivity index (χ2v) is 8.25. The second kappa shape index (κ2) is 10.2. The van der Waals surface area contributed by atoms with Gasteiger partial charge in [-0.15, -0.1) is 11.3 Å². The van der Waals surface area contributed by atoms with Gasteiger partial charge in [-0.25, -0.2) is 9.78 Å². The van der Waals surface area contributed by atoms with Crippen molar-refractivity contribution >= 4 is 45.9 Å². The molecule has 2 N–H and O–H groups in total. The van der Waals surface area contributed by atoms with E-state index in [-0.39, 0.29) is 34.7 Å². The highest BCUT2D eigenvalue weighted by Crippen LogP contribution is 2.34. The summed E-state index contributed by atoms with van der Waals surface area (Å²) in [5.41, 5.74) is 2.59. The molecule has 0 fully saturated rings. The first-order valence-corrected chi connectivity index (χ1v) is 10.9. The Bertz CT molecular complexity index is 1040. The van der Waals surface area contributed by atoms with E-state index in [9.17, 15) is 19.6 Å². The number of esters is 1. The summed E-state index contributed by atoms with van der Waals surface area (Å²) >= 11 is 2.15. The number of hydrogen-bond acceptors (Lipinski definition) is 8. The number of ether oxygens (including phenoxy) is 1. The van der Waals surface area contributed by atoms with Crippen LogP contribution >= 0.6 is 23.1 Å². The third kappa shape index (κ3) is 5.17. The van der Waals surface area contributed by atoms with E-state index in [1.54, 1.807) is 13.8 Å². The van der Waals surface area contributed by atoms with E-state index in [0.717, 1.165) is 34.4 Å². The molecule has 0 bridgehead atoms. The molecule has 2 aromatic rings. The topological polar surface area (TPSA) is 121 Å². The van der Waals surface area contributed by atoms with Gasteiger partial charge < -0.3 is 15.4 Å². The molecule has 2 heterocycles. The number of aryl methyl sites for hydroxylation is 2. The fourth-order valence-electron chi connectivity index (χ4n) is 2.72. The normalized spacial score (nSPS) is 10.3. The van der Waals surface area contributed by atoms with Crippen molar-refractivity contribution in [3.8, 4) is 6.07 Å². The molecule has 2 rings (SSSR count). The van der Waals surface area contributed by atoms with Gasteiger partial charge in [0.15, 0.2) is 0 Å². The van der Waals surface area contributed by atoms with Gasteiger partial charge in [-0.2, -0.15) is 5.26 Å². The van der Waals surface area contributed by atoms with E-state index in [4.69, 9.17) is 4.74 Å². The van der Waals surface area contributed by atoms with E-state index >= 15 is 0 Å². The van der Waals surface area contributed by atoms with Gasteiger partial charge in [-0.05, 0) is 44.9 Å². The van der Waals surface area contributed by atoms with Gasteiger partial charge in [-0.1, -0.05) is 11.8 Å². The predicted octanol–water partition coefficient (Wildman–Crippen LogP) is 3.21. The fourth-order valence-corrected chi connectivity index (χ4v) is 4.78. The Morgan fingerprint density at radius 1 is 1.30 bits per heavy atom. The number of carbonyl (C=O) groups is 3. The van der Waals surface area contributed by atoms with Crippen molar-refractivity contribution in [3.63, 3.8) is 0 Å². The first-order chi connectivity index (χ1) is 14.2. The lowest BCUT2D eigenvalue weighted by atomic mass is 10.1. The molecule has 0 saturated carbocycles. The predicted molar refractivity (Wildman–Crippen MR) is 116 cm³/mol. The van der Waals surface area contributed by atoms with E-state index in [0.29, 0.717) is 21.0 Å². The maximum atomic E-state index is 12.6. The summed E-state index contributed by atoms with van der Waals surface area (Å²) < 4.78 is 5.08. The summed E-state index contributed by atoms with van der Waals surface area (Å²) in [6.45, 7) is 7.12. The summed E-state index contributed by atoms with van der Waals surface area (Å²) in [7, 11) is 1.49. The molecule has 0 aromatic carbocycles.